The van der Waals surface area contributed by atoms with Crippen LogP contribution < -0.4 is 5.32 Å². The Morgan fingerprint density at radius 2 is 2.14 bits per heavy atom. The summed E-state index contributed by atoms with van der Waals surface area (Å²) in [6.45, 7) is 5.12. The highest BCUT2D eigenvalue weighted by Crippen LogP contribution is 2.40. The van der Waals surface area contributed by atoms with Gasteiger partial charge in [0.1, 0.15) is 0 Å². The monoisotopic (exact) mass is 311 g/mol. The lowest BCUT2D eigenvalue weighted by atomic mass is 9.85. The van der Waals surface area contributed by atoms with E-state index in [1.54, 1.807) is 0 Å². The lowest BCUT2D eigenvalue weighted by Crippen LogP contribution is -2.52. The summed E-state index contributed by atoms with van der Waals surface area (Å²) >= 11 is 6.22. The molecule has 21 heavy (non-hydrogen) atoms. The molecule has 1 aromatic heterocycles. The molecule has 0 radical (unpaired) electrons. The van der Waals surface area contributed by atoms with E-state index in [9.17, 15) is 5.11 Å². The quantitative estimate of drug-likeness (QED) is 0.849. The maximum atomic E-state index is 9.96. The third-order valence-corrected chi connectivity index (χ3v) is 5.84. The maximum Gasteiger partial charge on any atom is 0.0844 e. The topological polar surface area (TPSA) is 50.1 Å². The Labute approximate surface area is 131 Å². The first-order chi connectivity index (χ1) is 10.1. The number of aliphatic hydroxyl groups excluding tert-OH is 1. The number of aromatic nitrogens is 2. The van der Waals surface area contributed by atoms with Gasteiger partial charge in [-0.05, 0) is 51.9 Å². The number of nitrogens with one attached hydrogen (secondary N) is 1. The first-order valence-electron chi connectivity index (χ1n) is 8.14. The average Bonchev–Trinajstić information content (AvgIpc) is 3.15. The Morgan fingerprint density at radius 1 is 1.38 bits per heavy atom. The van der Waals surface area contributed by atoms with Crippen LogP contribution in [-0.2, 0) is 6.54 Å². The lowest BCUT2D eigenvalue weighted by molar-refractivity contribution is 0.114. The molecule has 0 aromatic carbocycles. The molecule has 0 bridgehead atoms. The summed E-state index contributed by atoms with van der Waals surface area (Å²) in [6.07, 6.45) is 7.10. The summed E-state index contributed by atoms with van der Waals surface area (Å²) in [6, 6.07) is 0.640. The molecule has 1 aromatic rings. The van der Waals surface area contributed by atoms with E-state index in [0.717, 1.165) is 35.8 Å². The summed E-state index contributed by atoms with van der Waals surface area (Å²) in [4.78, 5) is 0. The normalized spacial score (nSPS) is 29.2. The van der Waals surface area contributed by atoms with Crippen molar-refractivity contribution in [1.29, 1.82) is 0 Å². The molecule has 0 saturated heterocycles. The predicted molar refractivity (Wildman–Crippen MR) is 84.6 cm³/mol. The van der Waals surface area contributed by atoms with Crippen molar-refractivity contribution in [2.45, 2.75) is 70.5 Å². The van der Waals surface area contributed by atoms with Crippen LogP contribution in [0.2, 0.25) is 5.02 Å². The average molecular weight is 312 g/mol. The Balaban J connectivity index is 1.66. The van der Waals surface area contributed by atoms with Crippen molar-refractivity contribution >= 4 is 11.6 Å². The summed E-state index contributed by atoms with van der Waals surface area (Å²) in [7, 11) is 0. The van der Waals surface area contributed by atoms with Gasteiger partial charge >= 0.3 is 0 Å². The molecule has 2 aliphatic rings. The van der Waals surface area contributed by atoms with E-state index in [-0.39, 0.29) is 12.1 Å². The fourth-order valence-electron chi connectivity index (χ4n) is 3.81. The maximum absolute atomic E-state index is 9.96. The molecule has 2 fully saturated rings. The number of aryl methyl sites for hydroxylation is 2. The molecular formula is C16H26ClN3O. The molecule has 5 heteroatoms. The highest BCUT2D eigenvalue weighted by atomic mass is 35.5. The lowest BCUT2D eigenvalue weighted by Gasteiger charge is -2.35. The third kappa shape index (κ3) is 2.99. The van der Waals surface area contributed by atoms with Crippen molar-refractivity contribution in [2.75, 3.05) is 6.61 Å². The van der Waals surface area contributed by atoms with Gasteiger partial charge in [-0.15, -0.1) is 0 Å². The molecule has 3 rings (SSSR count). The number of nitrogens with zero attached hydrogens (tertiary/aromatic N) is 2. The van der Waals surface area contributed by atoms with Gasteiger partial charge in [-0.3, -0.25) is 4.68 Å². The molecule has 2 atom stereocenters. The second-order valence-corrected chi connectivity index (χ2v) is 7.20. The Hall–Kier alpha value is -0.580. The van der Waals surface area contributed by atoms with Gasteiger partial charge < -0.3 is 10.4 Å². The van der Waals surface area contributed by atoms with Gasteiger partial charge in [0, 0.05) is 18.1 Å². The van der Waals surface area contributed by atoms with Crippen LogP contribution in [0.25, 0.3) is 0 Å². The fraction of sp³-hybridized carbons (Fsp3) is 0.812. The first-order valence-corrected chi connectivity index (χ1v) is 8.51. The van der Waals surface area contributed by atoms with E-state index in [1.165, 1.54) is 25.7 Å². The van der Waals surface area contributed by atoms with E-state index in [2.05, 4.69) is 10.4 Å². The van der Waals surface area contributed by atoms with E-state index in [1.807, 2.05) is 18.5 Å². The van der Waals surface area contributed by atoms with E-state index in [4.69, 9.17) is 11.6 Å². The number of hydrogen-bond acceptors (Lipinski definition) is 3. The van der Waals surface area contributed by atoms with Gasteiger partial charge in [0.25, 0.3) is 0 Å². The molecular weight excluding hydrogens is 286 g/mol. The van der Waals surface area contributed by atoms with E-state index in [0.29, 0.717) is 12.0 Å². The van der Waals surface area contributed by atoms with Crippen LogP contribution in [0.15, 0.2) is 0 Å². The number of hydrogen-bond donors (Lipinski definition) is 2. The smallest absolute Gasteiger partial charge is 0.0844 e. The van der Waals surface area contributed by atoms with Crippen molar-refractivity contribution in [3.63, 3.8) is 0 Å². The number of rotatable bonds is 6. The Bertz CT molecular complexity index is 512. The van der Waals surface area contributed by atoms with E-state index >= 15 is 0 Å². The van der Waals surface area contributed by atoms with Gasteiger partial charge in [0.15, 0.2) is 0 Å². The van der Waals surface area contributed by atoms with Gasteiger partial charge in [-0.2, -0.15) is 5.10 Å². The zero-order valence-electron chi connectivity index (χ0n) is 13.0. The Kier molecular flexibility index (Phi) is 4.30. The van der Waals surface area contributed by atoms with Gasteiger partial charge in [0.2, 0.25) is 0 Å². The summed E-state index contributed by atoms with van der Waals surface area (Å²) in [5.41, 5.74) is 1.91. The zero-order chi connectivity index (χ0) is 15.0. The van der Waals surface area contributed by atoms with Gasteiger partial charge in [-0.25, -0.2) is 0 Å². The Morgan fingerprint density at radius 3 is 2.71 bits per heavy atom. The van der Waals surface area contributed by atoms with Crippen molar-refractivity contribution < 1.29 is 5.11 Å². The second-order valence-electron chi connectivity index (χ2n) is 6.82. The minimum absolute atomic E-state index is 0.0545. The van der Waals surface area contributed by atoms with Crippen molar-refractivity contribution in [2.24, 2.45) is 5.92 Å². The third-order valence-electron chi connectivity index (χ3n) is 5.29. The van der Waals surface area contributed by atoms with Crippen LogP contribution in [0.1, 0.15) is 49.9 Å². The molecule has 2 N–H and O–H groups in total. The largest absolute Gasteiger partial charge is 0.394 e. The van der Waals surface area contributed by atoms with Crippen LogP contribution in [0.3, 0.4) is 0 Å². The van der Waals surface area contributed by atoms with Gasteiger partial charge in [-0.1, -0.05) is 18.0 Å². The molecule has 2 unspecified atom stereocenters. The number of aliphatic hydroxyl groups is 1. The van der Waals surface area contributed by atoms with E-state index < -0.39 is 0 Å². The molecule has 2 aliphatic carbocycles. The van der Waals surface area contributed by atoms with Crippen LogP contribution in [0.5, 0.6) is 0 Å². The SMILES string of the molecule is Cc1nn(CCC2CCCC2(CO)NC2CC2)c(C)c1Cl. The molecule has 4 nitrogen and oxygen atoms in total. The zero-order valence-corrected chi connectivity index (χ0v) is 13.8. The molecule has 0 aliphatic heterocycles. The molecule has 0 amide bonds. The molecule has 0 spiro atoms. The van der Waals surface area contributed by atoms with Crippen LogP contribution in [0.4, 0.5) is 0 Å². The molecule has 2 saturated carbocycles. The molecule has 118 valence electrons. The predicted octanol–water partition coefficient (Wildman–Crippen LogP) is 2.83. The second kappa shape index (κ2) is 5.90. The van der Waals surface area contributed by atoms with Crippen molar-refractivity contribution in [3.8, 4) is 0 Å². The van der Waals surface area contributed by atoms with Crippen LogP contribution >= 0.6 is 11.6 Å². The van der Waals surface area contributed by atoms with Crippen LogP contribution in [0, 0.1) is 19.8 Å². The first kappa shape index (κ1) is 15.3. The summed E-state index contributed by atoms with van der Waals surface area (Å²) in [5, 5.41) is 19.0. The molecule has 1 heterocycles. The minimum Gasteiger partial charge on any atom is -0.394 e. The fourth-order valence-corrected chi connectivity index (χ4v) is 3.95. The van der Waals surface area contributed by atoms with Gasteiger partial charge in [0.05, 0.1) is 23.0 Å². The highest BCUT2D eigenvalue weighted by Gasteiger charge is 2.44. The summed E-state index contributed by atoms with van der Waals surface area (Å²) < 4.78 is 2.02. The van der Waals surface area contributed by atoms with Crippen molar-refractivity contribution in [3.05, 3.63) is 16.4 Å². The highest BCUT2D eigenvalue weighted by molar-refractivity contribution is 6.31. The minimum atomic E-state index is -0.0545. The van der Waals surface area contributed by atoms with Crippen LogP contribution in [-0.4, -0.2) is 33.1 Å². The standard InChI is InChI=1S/C16H26ClN3O/c1-11-15(17)12(2)20(19-11)9-7-13-4-3-8-16(13,10-21)18-14-5-6-14/h13-14,18,21H,3-10H2,1-2H3. The summed E-state index contributed by atoms with van der Waals surface area (Å²) in [5.74, 6) is 0.533. The van der Waals surface area contributed by atoms with Crippen molar-refractivity contribution in [1.82, 2.24) is 15.1 Å². The number of halogens is 1.